The Morgan fingerprint density at radius 2 is 1.80 bits per heavy atom. The highest BCUT2D eigenvalue weighted by atomic mass is 32.2. The molecule has 136 valence electrons. The van der Waals surface area contributed by atoms with E-state index in [9.17, 15) is 18.0 Å². The minimum atomic E-state index is -3.80. The minimum absolute atomic E-state index is 0.0886. The lowest BCUT2D eigenvalue weighted by atomic mass is 10.1. The first-order chi connectivity index (χ1) is 11.8. The molecule has 1 aromatic carbocycles. The molecule has 0 saturated carbocycles. The van der Waals surface area contributed by atoms with Gasteiger partial charge in [-0.1, -0.05) is 18.2 Å². The minimum Gasteiger partial charge on any atom is -0.463 e. The van der Waals surface area contributed by atoms with Crippen LogP contribution >= 0.6 is 0 Å². The quantitative estimate of drug-likeness (QED) is 0.582. The zero-order valence-corrected chi connectivity index (χ0v) is 14.6. The van der Waals surface area contributed by atoms with Crippen LogP contribution in [0, 0.1) is 0 Å². The molecule has 0 saturated heterocycles. The Morgan fingerprint density at radius 1 is 1.12 bits per heavy atom. The number of benzene rings is 1. The number of carbonyl (C=O) groups excluding carboxylic acids is 2. The van der Waals surface area contributed by atoms with E-state index >= 15 is 0 Å². The molecule has 0 spiro atoms. The molecule has 9 heteroatoms. The Bertz CT molecular complexity index is 745. The number of hydrogen-bond donors (Lipinski definition) is 1. The van der Waals surface area contributed by atoms with E-state index in [-0.39, 0.29) is 11.5 Å². The van der Waals surface area contributed by atoms with E-state index in [1.54, 1.807) is 18.2 Å². The lowest BCUT2D eigenvalue weighted by Crippen LogP contribution is -2.47. The van der Waals surface area contributed by atoms with Gasteiger partial charge in [0.15, 0.2) is 0 Å². The Labute approximate surface area is 145 Å². The van der Waals surface area contributed by atoms with E-state index in [1.165, 1.54) is 38.1 Å². The monoisotopic (exact) mass is 369 g/mol. The van der Waals surface area contributed by atoms with E-state index in [2.05, 4.69) is 4.72 Å². The molecule has 0 radical (unpaired) electrons. The molecule has 1 aromatic rings. The molecule has 0 unspecified atom stereocenters. The van der Waals surface area contributed by atoms with E-state index in [1.807, 2.05) is 0 Å². The fraction of sp³-hybridized carbons (Fsp3) is 0.375. The second-order valence-corrected chi connectivity index (χ2v) is 7.00. The van der Waals surface area contributed by atoms with Crippen LogP contribution in [0.1, 0.15) is 13.8 Å². The average Bonchev–Trinajstić information content (AvgIpc) is 2.55. The summed E-state index contributed by atoms with van der Waals surface area (Å²) in [6.07, 6.45) is 0.323. The largest absolute Gasteiger partial charge is 0.463 e. The first kappa shape index (κ1) is 19.1. The number of sulfonamides is 1. The van der Waals surface area contributed by atoms with Crippen molar-refractivity contribution in [3.8, 4) is 0 Å². The predicted octanol–water partition coefficient (Wildman–Crippen LogP) is 0.741. The van der Waals surface area contributed by atoms with Crippen molar-refractivity contribution in [2.24, 2.45) is 0 Å². The molecule has 25 heavy (non-hydrogen) atoms. The Balaban J connectivity index is 2.11. The van der Waals surface area contributed by atoms with E-state index in [0.29, 0.717) is 0 Å². The van der Waals surface area contributed by atoms with Crippen molar-refractivity contribution < 1.29 is 32.2 Å². The summed E-state index contributed by atoms with van der Waals surface area (Å²) >= 11 is 0. The number of carbonyl (C=O) groups is 2. The molecule has 1 aliphatic rings. The van der Waals surface area contributed by atoms with Crippen molar-refractivity contribution in [3.05, 3.63) is 42.5 Å². The van der Waals surface area contributed by atoms with Crippen LogP contribution in [0.15, 0.2) is 47.4 Å². The molecule has 0 fully saturated rings. The Morgan fingerprint density at radius 3 is 2.40 bits per heavy atom. The smallest absolute Gasteiger partial charge is 0.303 e. The highest BCUT2D eigenvalue weighted by molar-refractivity contribution is 7.89. The Hall–Kier alpha value is -2.23. The van der Waals surface area contributed by atoms with Gasteiger partial charge in [-0.25, -0.2) is 8.42 Å². The number of hydrogen-bond acceptors (Lipinski definition) is 7. The van der Waals surface area contributed by atoms with Crippen molar-refractivity contribution in [1.29, 1.82) is 0 Å². The van der Waals surface area contributed by atoms with Crippen LogP contribution in [0.4, 0.5) is 0 Å². The van der Waals surface area contributed by atoms with Crippen LogP contribution < -0.4 is 4.72 Å². The summed E-state index contributed by atoms with van der Waals surface area (Å²) < 4.78 is 42.6. The summed E-state index contributed by atoms with van der Waals surface area (Å²) in [6.45, 7) is 2.29. The van der Waals surface area contributed by atoms with Gasteiger partial charge in [-0.15, -0.1) is 0 Å². The van der Waals surface area contributed by atoms with Crippen LogP contribution in [-0.4, -0.2) is 45.4 Å². The van der Waals surface area contributed by atoms with Gasteiger partial charge < -0.3 is 14.2 Å². The summed E-state index contributed by atoms with van der Waals surface area (Å²) in [6, 6.07) is 7.81. The SMILES string of the molecule is CC(=O)OC[C@H]1O[C@H](NS(=O)(=O)c2ccccc2)C=C[C@H]1OC(C)=O. The molecule has 0 amide bonds. The molecule has 3 atom stereocenters. The second kappa shape index (κ2) is 8.24. The summed E-state index contributed by atoms with van der Waals surface area (Å²) in [5, 5.41) is 0. The topological polar surface area (TPSA) is 108 Å². The van der Waals surface area contributed by atoms with Crippen LogP contribution in [0.2, 0.25) is 0 Å². The first-order valence-corrected chi connectivity index (χ1v) is 8.98. The zero-order chi connectivity index (χ0) is 18.4. The lowest BCUT2D eigenvalue weighted by Gasteiger charge is -2.31. The highest BCUT2D eigenvalue weighted by Crippen LogP contribution is 2.18. The van der Waals surface area contributed by atoms with Gasteiger partial charge in [-0.3, -0.25) is 9.59 Å². The molecular formula is C16H19NO7S. The number of rotatable bonds is 6. The van der Waals surface area contributed by atoms with Crippen LogP contribution in [0.25, 0.3) is 0 Å². The fourth-order valence-corrected chi connectivity index (χ4v) is 3.27. The normalized spacial score (nSPS) is 23.0. The van der Waals surface area contributed by atoms with Gasteiger partial charge in [0.2, 0.25) is 10.0 Å². The van der Waals surface area contributed by atoms with Gasteiger partial charge in [0.05, 0.1) is 4.90 Å². The summed E-state index contributed by atoms with van der Waals surface area (Å²) in [5.74, 6) is -1.06. The van der Waals surface area contributed by atoms with Gasteiger partial charge in [-0.05, 0) is 24.3 Å². The highest BCUT2D eigenvalue weighted by Gasteiger charge is 2.32. The third kappa shape index (κ3) is 5.66. The third-order valence-corrected chi connectivity index (χ3v) is 4.68. The maximum Gasteiger partial charge on any atom is 0.303 e. The average molecular weight is 369 g/mol. The van der Waals surface area contributed by atoms with Crippen molar-refractivity contribution in [3.63, 3.8) is 0 Å². The molecule has 1 heterocycles. The Kier molecular flexibility index (Phi) is 6.29. The van der Waals surface area contributed by atoms with Gasteiger partial charge in [0, 0.05) is 13.8 Å². The van der Waals surface area contributed by atoms with Crippen LogP contribution in [0.3, 0.4) is 0 Å². The van der Waals surface area contributed by atoms with Crippen LogP contribution in [-0.2, 0) is 33.8 Å². The standard InChI is InChI=1S/C16H19NO7S/c1-11(18)22-10-15-14(23-12(2)19)8-9-16(24-15)17-25(20,21)13-6-4-3-5-7-13/h3-9,14-17H,10H2,1-2H3/t14-,15-,16+/m1/s1. The van der Waals surface area contributed by atoms with E-state index in [0.717, 1.165) is 0 Å². The van der Waals surface area contributed by atoms with E-state index in [4.69, 9.17) is 14.2 Å². The third-order valence-electron chi connectivity index (χ3n) is 3.24. The fourth-order valence-electron chi connectivity index (χ4n) is 2.17. The molecule has 2 rings (SSSR count). The van der Waals surface area contributed by atoms with Crippen molar-refractivity contribution in [1.82, 2.24) is 4.72 Å². The molecule has 0 aliphatic carbocycles. The maximum absolute atomic E-state index is 12.3. The zero-order valence-electron chi connectivity index (χ0n) is 13.7. The summed E-state index contributed by atoms with van der Waals surface area (Å²) in [7, 11) is -3.80. The number of ether oxygens (including phenoxy) is 3. The number of esters is 2. The van der Waals surface area contributed by atoms with Gasteiger partial charge in [0.1, 0.15) is 25.0 Å². The lowest BCUT2D eigenvalue weighted by molar-refractivity contribution is -0.163. The molecular weight excluding hydrogens is 350 g/mol. The predicted molar refractivity (Wildman–Crippen MR) is 86.8 cm³/mol. The summed E-state index contributed by atoms with van der Waals surface area (Å²) in [5.41, 5.74) is 0. The van der Waals surface area contributed by atoms with Gasteiger partial charge in [-0.2, -0.15) is 4.72 Å². The first-order valence-electron chi connectivity index (χ1n) is 7.49. The molecule has 1 N–H and O–H groups in total. The van der Waals surface area contributed by atoms with Gasteiger partial charge in [0.25, 0.3) is 0 Å². The molecule has 0 bridgehead atoms. The van der Waals surface area contributed by atoms with E-state index < -0.39 is 40.4 Å². The summed E-state index contributed by atoms with van der Waals surface area (Å²) in [4.78, 5) is 22.2. The van der Waals surface area contributed by atoms with Crippen LogP contribution in [0.5, 0.6) is 0 Å². The molecule has 8 nitrogen and oxygen atoms in total. The molecule has 1 aliphatic heterocycles. The van der Waals surface area contributed by atoms with Crippen molar-refractivity contribution >= 4 is 22.0 Å². The van der Waals surface area contributed by atoms with Crippen molar-refractivity contribution in [2.75, 3.05) is 6.61 Å². The van der Waals surface area contributed by atoms with Crippen molar-refractivity contribution in [2.45, 2.75) is 37.2 Å². The van der Waals surface area contributed by atoms with Gasteiger partial charge >= 0.3 is 11.9 Å². The number of nitrogens with one attached hydrogen (secondary N) is 1. The molecule has 0 aromatic heterocycles. The second-order valence-electron chi connectivity index (χ2n) is 5.29. The maximum atomic E-state index is 12.3.